The van der Waals surface area contributed by atoms with Crippen LogP contribution in [0.15, 0.2) is 47.5 Å². The number of ether oxygens (including phenoxy) is 1. The van der Waals surface area contributed by atoms with Gasteiger partial charge in [-0.05, 0) is 17.6 Å². The smallest absolute Gasteiger partial charge is 0.145 e. The molecule has 0 aromatic heterocycles. The van der Waals surface area contributed by atoms with Gasteiger partial charge in [0, 0.05) is 18.5 Å². The summed E-state index contributed by atoms with van der Waals surface area (Å²) in [5.74, 6) is 0. The number of benzene rings is 1. The maximum Gasteiger partial charge on any atom is 0.145 e. The zero-order valence-electron chi connectivity index (χ0n) is 12.7. The first-order chi connectivity index (χ1) is 10.6. The lowest BCUT2D eigenvalue weighted by molar-refractivity contribution is -0.00362. The second-order valence-electron chi connectivity index (χ2n) is 6.23. The van der Waals surface area contributed by atoms with Crippen LogP contribution < -0.4 is 5.32 Å². The van der Waals surface area contributed by atoms with Crippen molar-refractivity contribution in [1.29, 1.82) is 0 Å². The van der Waals surface area contributed by atoms with E-state index in [2.05, 4.69) is 5.32 Å². The highest BCUT2D eigenvalue weighted by Gasteiger charge is 2.40. The number of nitrogens with one attached hydrogen (secondary N) is 1. The van der Waals surface area contributed by atoms with Crippen LogP contribution in [0.2, 0.25) is 0 Å². The molecule has 0 amide bonds. The fourth-order valence-electron chi connectivity index (χ4n) is 3.13. The summed E-state index contributed by atoms with van der Waals surface area (Å²) >= 11 is 6.37. The van der Waals surface area contributed by atoms with E-state index < -0.39 is 11.6 Å². The predicted octanol–water partition coefficient (Wildman–Crippen LogP) is 3.93. The van der Waals surface area contributed by atoms with Crippen molar-refractivity contribution in [2.75, 3.05) is 19.7 Å². The van der Waals surface area contributed by atoms with Crippen molar-refractivity contribution < 1.29 is 9.13 Å². The van der Waals surface area contributed by atoms with Crippen molar-refractivity contribution in [3.05, 3.63) is 53.1 Å². The average molecular weight is 322 g/mol. The van der Waals surface area contributed by atoms with Gasteiger partial charge in [0.2, 0.25) is 0 Å². The van der Waals surface area contributed by atoms with Crippen molar-refractivity contribution in [3.8, 4) is 0 Å². The molecule has 1 aliphatic heterocycles. The first kappa shape index (κ1) is 15.7. The quantitative estimate of drug-likeness (QED) is 0.910. The van der Waals surface area contributed by atoms with Gasteiger partial charge in [-0.15, -0.1) is 0 Å². The van der Waals surface area contributed by atoms with Gasteiger partial charge in [-0.3, -0.25) is 0 Å². The minimum atomic E-state index is -1.21. The van der Waals surface area contributed by atoms with Gasteiger partial charge in [0.1, 0.15) is 6.17 Å². The molecular weight excluding hydrogens is 301 g/mol. The summed E-state index contributed by atoms with van der Waals surface area (Å²) in [6.07, 6.45) is 3.34. The van der Waals surface area contributed by atoms with Crippen LogP contribution in [0.4, 0.5) is 4.39 Å². The molecule has 118 valence electrons. The molecule has 2 nitrogen and oxygen atoms in total. The Morgan fingerprint density at radius 2 is 2.14 bits per heavy atom. The molecular formula is C18H21ClFNO. The number of halogens is 2. The van der Waals surface area contributed by atoms with E-state index in [0.717, 1.165) is 24.2 Å². The molecule has 2 aliphatic rings. The summed E-state index contributed by atoms with van der Waals surface area (Å²) in [6.45, 7) is 4.22. The third-order valence-electron chi connectivity index (χ3n) is 4.45. The van der Waals surface area contributed by atoms with Gasteiger partial charge >= 0.3 is 0 Å². The minimum Gasteiger partial charge on any atom is -0.376 e. The Balaban J connectivity index is 1.80. The molecule has 1 aromatic rings. The Hall–Kier alpha value is -1.16. The van der Waals surface area contributed by atoms with Crippen LogP contribution in [0.25, 0.3) is 5.57 Å². The second-order valence-corrected chi connectivity index (χ2v) is 6.64. The van der Waals surface area contributed by atoms with Crippen molar-refractivity contribution in [2.24, 2.45) is 5.41 Å². The molecule has 0 saturated carbocycles. The van der Waals surface area contributed by atoms with E-state index in [1.165, 1.54) is 0 Å². The maximum atomic E-state index is 15.0. The molecule has 0 bridgehead atoms. The molecule has 4 heteroatoms. The highest BCUT2D eigenvalue weighted by Crippen LogP contribution is 2.44. The molecule has 2 unspecified atom stereocenters. The monoisotopic (exact) mass is 321 g/mol. The van der Waals surface area contributed by atoms with E-state index in [1.807, 2.05) is 49.4 Å². The molecule has 0 radical (unpaired) electrons. The highest BCUT2D eigenvalue weighted by molar-refractivity contribution is 6.34. The molecule has 1 aliphatic carbocycles. The number of hydrogen-bond donors (Lipinski definition) is 1. The third kappa shape index (κ3) is 3.12. The van der Waals surface area contributed by atoms with Gasteiger partial charge in [-0.1, -0.05) is 61.0 Å². The fourth-order valence-corrected chi connectivity index (χ4v) is 3.55. The molecule has 1 fully saturated rings. The van der Waals surface area contributed by atoms with Crippen LogP contribution in [0.3, 0.4) is 0 Å². The van der Waals surface area contributed by atoms with Crippen molar-refractivity contribution in [2.45, 2.75) is 25.6 Å². The van der Waals surface area contributed by atoms with Gasteiger partial charge < -0.3 is 10.1 Å². The summed E-state index contributed by atoms with van der Waals surface area (Å²) in [5.41, 5.74) is 1.10. The van der Waals surface area contributed by atoms with E-state index in [4.69, 9.17) is 16.3 Å². The molecule has 3 atom stereocenters. The molecule has 1 heterocycles. The van der Waals surface area contributed by atoms with Crippen LogP contribution in [0, 0.1) is 5.41 Å². The van der Waals surface area contributed by atoms with Crippen LogP contribution in [0.5, 0.6) is 0 Å². The lowest BCUT2D eigenvalue weighted by Crippen LogP contribution is -2.43. The van der Waals surface area contributed by atoms with Crippen molar-refractivity contribution >= 4 is 17.2 Å². The molecule has 0 spiro atoms. The predicted molar refractivity (Wildman–Crippen MR) is 88.6 cm³/mol. The number of allylic oxidation sites excluding steroid dienone is 4. The van der Waals surface area contributed by atoms with E-state index in [-0.39, 0.29) is 6.10 Å². The molecule has 1 N–H and O–H groups in total. The zero-order chi connectivity index (χ0) is 15.6. The molecule has 3 rings (SSSR count). The lowest BCUT2D eigenvalue weighted by atomic mass is 9.75. The highest BCUT2D eigenvalue weighted by atomic mass is 35.5. The Morgan fingerprint density at radius 3 is 2.82 bits per heavy atom. The Labute approximate surface area is 136 Å². The number of hydrogen-bond acceptors (Lipinski definition) is 2. The third-order valence-corrected chi connectivity index (χ3v) is 4.84. The molecule has 1 saturated heterocycles. The summed E-state index contributed by atoms with van der Waals surface area (Å²) in [6, 6.07) is 9.71. The maximum absolute atomic E-state index is 15.0. The van der Waals surface area contributed by atoms with E-state index in [1.54, 1.807) is 0 Å². The van der Waals surface area contributed by atoms with E-state index in [9.17, 15) is 4.39 Å². The van der Waals surface area contributed by atoms with Gasteiger partial charge in [0.15, 0.2) is 0 Å². The lowest BCUT2D eigenvalue weighted by Gasteiger charge is -2.37. The van der Waals surface area contributed by atoms with Gasteiger partial charge in [0.25, 0.3) is 0 Å². The van der Waals surface area contributed by atoms with Crippen LogP contribution in [-0.2, 0) is 4.74 Å². The van der Waals surface area contributed by atoms with Crippen LogP contribution in [0.1, 0.15) is 18.9 Å². The largest absolute Gasteiger partial charge is 0.376 e. The standard InChI is InChI=1S/C18H21ClFNO/c1-18(11-14-12-21-9-10-22-14)8-7-15(16(19)17(18)20)13-5-3-2-4-6-13/h2-8,14,17,21H,9-12H2,1H3/t14-,17?,18?/m1/s1. The second kappa shape index (κ2) is 6.53. The van der Waals surface area contributed by atoms with Gasteiger partial charge in [-0.2, -0.15) is 0 Å². The summed E-state index contributed by atoms with van der Waals surface area (Å²) in [4.78, 5) is 0. The van der Waals surface area contributed by atoms with E-state index in [0.29, 0.717) is 18.1 Å². The number of morpholine rings is 1. The normalized spacial score (nSPS) is 32.3. The van der Waals surface area contributed by atoms with Crippen molar-refractivity contribution in [1.82, 2.24) is 5.32 Å². The van der Waals surface area contributed by atoms with Crippen molar-refractivity contribution in [3.63, 3.8) is 0 Å². The molecule has 1 aromatic carbocycles. The zero-order valence-corrected chi connectivity index (χ0v) is 13.4. The first-order valence-corrected chi connectivity index (χ1v) is 8.09. The Morgan fingerprint density at radius 1 is 1.36 bits per heavy atom. The Kier molecular flexibility index (Phi) is 4.67. The summed E-state index contributed by atoms with van der Waals surface area (Å²) < 4.78 is 20.7. The topological polar surface area (TPSA) is 21.3 Å². The first-order valence-electron chi connectivity index (χ1n) is 7.71. The van der Waals surface area contributed by atoms with E-state index >= 15 is 0 Å². The molecule has 22 heavy (non-hydrogen) atoms. The fraction of sp³-hybridized carbons (Fsp3) is 0.444. The number of rotatable bonds is 3. The van der Waals surface area contributed by atoms with Gasteiger partial charge in [0.05, 0.1) is 17.7 Å². The summed E-state index contributed by atoms with van der Waals surface area (Å²) in [7, 11) is 0. The number of alkyl halides is 1. The summed E-state index contributed by atoms with van der Waals surface area (Å²) in [5, 5.41) is 3.58. The average Bonchev–Trinajstić information content (AvgIpc) is 2.55. The minimum absolute atomic E-state index is 0.0318. The SMILES string of the molecule is CC1(C[C@@H]2CNCCO2)C=CC(c2ccccc2)=C(Cl)C1F. The van der Waals surface area contributed by atoms with Crippen LogP contribution in [-0.4, -0.2) is 32.0 Å². The van der Waals surface area contributed by atoms with Gasteiger partial charge in [-0.25, -0.2) is 4.39 Å². The van der Waals surface area contributed by atoms with Crippen LogP contribution >= 0.6 is 11.6 Å². The Bertz CT molecular complexity index is 580.